The van der Waals surface area contributed by atoms with Gasteiger partial charge < -0.3 is 24.8 Å². The number of rotatable bonds is 6. The number of hydrogen-bond acceptors (Lipinski definition) is 4. The van der Waals surface area contributed by atoms with E-state index in [2.05, 4.69) is 27.6 Å². The highest BCUT2D eigenvalue weighted by Crippen LogP contribution is 2.40. The first-order chi connectivity index (χ1) is 13.6. The summed E-state index contributed by atoms with van der Waals surface area (Å²) in [6.45, 7) is 2.07. The number of anilines is 1. The lowest BCUT2D eigenvalue weighted by Gasteiger charge is -2.30. The lowest BCUT2D eigenvalue weighted by Crippen LogP contribution is -2.36. The molecule has 0 radical (unpaired) electrons. The van der Waals surface area contributed by atoms with Crippen LogP contribution >= 0.6 is 0 Å². The molecule has 1 saturated heterocycles. The quantitative estimate of drug-likeness (QED) is 0.804. The molecule has 2 aromatic rings. The molecule has 0 spiro atoms. The van der Waals surface area contributed by atoms with E-state index in [-0.39, 0.29) is 18.2 Å². The number of para-hydroxylation sites is 2. The van der Waals surface area contributed by atoms with Gasteiger partial charge >= 0.3 is 6.03 Å². The summed E-state index contributed by atoms with van der Waals surface area (Å²) in [5.74, 6) is 2.08. The minimum atomic E-state index is -0.223. The second-order valence-electron chi connectivity index (χ2n) is 7.93. The number of benzene rings is 1. The van der Waals surface area contributed by atoms with Gasteiger partial charge in [0, 0.05) is 32.5 Å². The fraction of sp³-hybridized carbons (Fsp3) is 0.524. The molecular formula is C21H29N5O2. The van der Waals surface area contributed by atoms with E-state index >= 15 is 0 Å². The monoisotopic (exact) mass is 383 g/mol. The molecule has 0 bridgehead atoms. The Hall–Kier alpha value is -2.54. The summed E-state index contributed by atoms with van der Waals surface area (Å²) < 4.78 is 8.18. The molecule has 2 heterocycles. The van der Waals surface area contributed by atoms with E-state index in [0.29, 0.717) is 11.6 Å². The zero-order valence-electron chi connectivity index (χ0n) is 16.6. The third-order valence-electron chi connectivity index (χ3n) is 5.61. The summed E-state index contributed by atoms with van der Waals surface area (Å²) in [6, 6.07) is 7.37. The van der Waals surface area contributed by atoms with Gasteiger partial charge in [0.15, 0.2) is 0 Å². The number of carbonyl (C=O) groups excluding carboxylic acids is 1. The molecule has 28 heavy (non-hydrogen) atoms. The van der Waals surface area contributed by atoms with Crippen LogP contribution in [0.15, 0.2) is 36.7 Å². The topological polar surface area (TPSA) is 71.4 Å². The molecule has 150 valence electrons. The van der Waals surface area contributed by atoms with Crippen molar-refractivity contribution in [3.63, 3.8) is 0 Å². The van der Waals surface area contributed by atoms with E-state index in [0.717, 1.165) is 50.3 Å². The number of aryl methyl sites for hydroxylation is 1. The molecule has 2 fully saturated rings. The fourth-order valence-corrected chi connectivity index (χ4v) is 3.75. The highest BCUT2D eigenvalue weighted by atomic mass is 16.5. The van der Waals surface area contributed by atoms with E-state index in [1.54, 1.807) is 6.20 Å². The molecule has 1 aliphatic carbocycles. The number of nitrogens with one attached hydrogen (secondary N) is 2. The van der Waals surface area contributed by atoms with Crippen LogP contribution in [0.1, 0.15) is 37.5 Å². The van der Waals surface area contributed by atoms with Gasteiger partial charge in [0.05, 0.1) is 11.7 Å². The van der Waals surface area contributed by atoms with Crippen LogP contribution in [0.4, 0.5) is 10.5 Å². The van der Waals surface area contributed by atoms with Crippen LogP contribution in [0.5, 0.6) is 5.75 Å². The highest BCUT2D eigenvalue weighted by Gasteiger charge is 2.35. The van der Waals surface area contributed by atoms with Crippen molar-refractivity contribution < 1.29 is 9.53 Å². The van der Waals surface area contributed by atoms with Crippen LogP contribution in [-0.4, -0.2) is 46.7 Å². The lowest BCUT2D eigenvalue weighted by atomic mass is 10.1. The molecule has 2 N–H and O–H groups in total. The van der Waals surface area contributed by atoms with Crippen molar-refractivity contribution in [2.45, 2.75) is 37.8 Å². The Morgan fingerprint density at radius 2 is 1.93 bits per heavy atom. The molecule has 1 aromatic heterocycles. The van der Waals surface area contributed by atoms with Crippen LogP contribution < -0.4 is 15.4 Å². The number of imidazole rings is 1. The van der Waals surface area contributed by atoms with E-state index in [1.165, 1.54) is 0 Å². The Bertz CT molecular complexity index is 809. The molecule has 1 aromatic carbocycles. The molecule has 1 unspecified atom stereocenters. The molecule has 2 aliphatic rings. The number of hydrogen-bond donors (Lipinski definition) is 2. The first-order valence-corrected chi connectivity index (χ1v) is 10.1. The molecule has 7 nitrogen and oxygen atoms in total. The standard InChI is InChI=1S/C21H29N5O2/c1-25-12-9-16(10-13-25)28-18-6-4-3-5-17(18)23-21(27)24-19(15-7-8-15)20-22-11-14-26(20)2/h3-6,11,14-16,19H,7-10,12-13H2,1-2H3,(H2,23,24,27). The van der Waals surface area contributed by atoms with Crippen molar-refractivity contribution >= 4 is 11.7 Å². The smallest absolute Gasteiger partial charge is 0.319 e. The normalized spacial score (nSPS) is 19.2. The maximum atomic E-state index is 12.7. The molecular weight excluding hydrogens is 354 g/mol. The Labute approximate surface area is 166 Å². The number of urea groups is 1. The number of piperidine rings is 1. The zero-order valence-corrected chi connectivity index (χ0v) is 16.6. The lowest BCUT2D eigenvalue weighted by molar-refractivity contribution is 0.115. The van der Waals surface area contributed by atoms with Gasteiger partial charge in [0.1, 0.15) is 17.7 Å². The zero-order chi connectivity index (χ0) is 19.5. The molecule has 1 aliphatic heterocycles. The molecule has 4 rings (SSSR count). The molecule has 1 atom stereocenters. The van der Waals surface area contributed by atoms with Gasteiger partial charge in [-0.1, -0.05) is 12.1 Å². The summed E-state index contributed by atoms with van der Waals surface area (Å²) in [7, 11) is 4.09. The number of carbonyl (C=O) groups is 1. The third kappa shape index (κ3) is 4.47. The van der Waals surface area contributed by atoms with Crippen LogP contribution in [0, 0.1) is 5.92 Å². The average Bonchev–Trinajstić information content (AvgIpc) is 3.44. The number of likely N-dealkylation sites (tertiary alicyclic amines) is 1. The predicted octanol–water partition coefficient (Wildman–Crippen LogP) is 3.17. The number of amides is 2. The Kier molecular flexibility index (Phi) is 5.52. The van der Waals surface area contributed by atoms with Crippen molar-refractivity contribution in [2.75, 3.05) is 25.5 Å². The molecule has 2 amide bonds. The van der Waals surface area contributed by atoms with Crippen molar-refractivity contribution in [3.8, 4) is 5.75 Å². The van der Waals surface area contributed by atoms with E-state index < -0.39 is 0 Å². The Balaban J connectivity index is 1.41. The van der Waals surface area contributed by atoms with Gasteiger partial charge in [-0.25, -0.2) is 9.78 Å². The van der Waals surface area contributed by atoms with E-state index in [1.807, 2.05) is 42.1 Å². The highest BCUT2D eigenvalue weighted by molar-refractivity contribution is 5.91. The van der Waals surface area contributed by atoms with Gasteiger partial charge in [-0.2, -0.15) is 0 Å². The van der Waals surface area contributed by atoms with Crippen LogP contribution in [0.3, 0.4) is 0 Å². The Morgan fingerprint density at radius 3 is 2.61 bits per heavy atom. The summed E-state index contributed by atoms with van der Waals surface area (Å²) in [5, 5.41) is 6.09. The van der Waals surface area contributed by atoms with Crippen LogP contribution in [0.2, 0.25) is 0 Å². The van der Waals surface area contributed by atoms with Crippen molar-refractivity contribution in [1.29, 1.82) is 0 Å². The maximum Gasteiger partial charge on any atom is 0.319 e. The number of aromatic nitrogens is 2. The van der Waals surface area contributed by atoms with Gasteiger partial charge in [-0.3, -0.25) is 0 Å². The average molecular weight is 383 g/mol. The Morgan fingerprint density at radius 1 is 1.18 bits per heavy atom. The summed E-state index contributed by atoms with van der Waals surface area (Å²) in [4.78, 5) is 19.5. The van der Waals surface area contributed by atoms with Gasteiger partial charge in [-0.05, 0) is 50.8 Å². The second-order valence-corrected chi connectivity index (χ2v) is 7.93. The second kappa shape index (κ2) is 8.22. The first kappa shape index (κ1) is 18.8. The van der Waals surface area contributed by atoms with Gasteiger partial charge in [-0.15, -0.1) is 0 Å². The minimum Gasteiger partial charge on any atom is -0.488 e. The van der Waals surface area contributed by atoms with Crippen LogP contribution in [-0.2, 0) is 7.05 Å². The van der Waals surface area contributed by atoms with Crippen molar-refractivity contribution in [3.05, 3.63) is 42.5 Å². The fourth-order valence-electron chi connectivity index (χ4n) is 3.75. The molecule has 7 heteroatoms. The third-order valence-corrected chi connectivity index (χ3v) is 5.61. The van der Waals surface area contributed by atoms with E-state index in [9.17, 15) is 4.79 Å². The van der Waals surface area contributed by atoms with Gasteiger partial charge in [0.2, 0.25) is 0 Å². The summed E-state index contributed by atoms with van der Waals surface area (Å²) in [5.41, 5.74) is 0.702. The SMILES string of the molecule is CN1CCC(Oc2ccccc2NC(=O)NC(c2nccn2C)C2CC2)CC1. The number of nitrogens with zero attached hydrogens (tertiary/aromatic N) is 3. The predicted molar refractivity (Wildman–Crippen MR) is 108 cm³/mol. The van der Waals surface area contributed by atoms with E-state index in [4.69, 9.17) is 4.74 Å². The maximum absolute atomic E-state index is 12.7. The number of ether oxygens (including phenoxy) is 1. The first-order valence-electron chi connectivity index (χ1n) is 10.1. The van der Waals surface area contributed by atoms with Crippen LogP contribution in [0.25, 0.3) is 0 Å². The van der Waals surface area contributed by atoms with Crippen molar-refractivity contribution in [1.82, 2.24) is 19.8 Å². The molecule has 1 saturated carbocycles. The largest absolute Gasteiger partial charge is 0.488 e. The minimum absolute atomic E-state index is 0.0676. The van der Waals surface area contributed by atoms with Crippen molar-refractivity contribution in [2.24, 2.45) is 13.0 Å². The van der Waals surface area contributed by atoms with Gasteiger partial charge in [0.25, 0.3) is 0 Å². The summed E-state index contributed by atoms with van der Waals surface area (Å²) in [6.07, 6.45) is 8.11. The summed E-state index contributed by atoms with van der Waals surface area (Å²) >= 11 is 0.